The van der Waals surface area contributed by atoms with Crippen molar-refractivity contribution in [3.63, 3.8) is 0 Å². The Morgan fingerprint density at radius 3 is 2.04 bits per heavy atom. The predicted octanol–water partition coefficient (Wildman–Crippen LogP) is 3.41. The highest BCUT2D eigenvalue weighted by molar-refractivity contribution is 7.90. The summed E-state index contributed by atoms with van der Waals surface area (Å²) in [6.07, 6.45) is 0. The van der Waals surface area contributed by atoms with Crippen molar-refractivity contribution in [2.45, 2.75) is 4.90 Å². The molecule has 0 bridgehead atoms. The van der Waals surface area contributed by atoms with Gasteiger partial charge in [0, 0.05) is 16.1 Å². The number of halogens is 1. The van der Waals surface area contributed by atoms with Gasteiger partial charge < -0.3 is 0 Å². The van der Waals surface area contributed by atoms with Crippen molar-refractivity contribution in [1.29, 1.82) is 0 Å². The van der Waals surface area contributed by atoms with Crippen LogP contribution in [0.4, 0.5) is 0 Å². The molecular weight excluding hydrogens is 398 g/mol. The maximum atomic E-state index is 12.6. The van der Waals surface area contributed by atoms with E-state index in [0.29, 0.717) is 16.1 Å². The molecule has 0 unspecified atom stereocenters. The average Bonchev–Trinajstić information content (AvgIpc) is 2.72. The zero-order valence-electron chi connectivity index (χ0n) is 14.5. The first kappa shape index (κ1) is 19.6. The average molecular weight is 414 g/mol. The molecule has 3 rings (SSSR count). The summed E-state index contributed by atoms with van der Waals surface area (Å²) in [6, 6.07) is 22.8. The van der Waals surface area contributed by atoms with Crippen LogP contribution in [0.3, 0.4) is 0 Å². The van der Waals surface area contributed by atoms with Crippen molar-refractivity contribution < 1.29 is 13.2 Å². The third-order valence-corrected chi connectivity index (χ3v) is 5.21. The van der Waals surface area contributed by atoms with E-state index < -0.39 is 15.9 Å². The molecule has 0 radical (unpaired) electrons. The van der Waals surface area contributed by atoms with Gasteiger partial charge in [-0.2, -0.15) is 8.42 Å². The molecule has 2 N–H and O–H groups in total. The van der Waals surface area contributed by atoms with Crippen LogP contribution in [0, 0.1) is 0 Å². The molecule has 3 aromatic rings. The fraction of sp³-hybridized carbons (Fsp3) is 0. The monoisotopic (exact) mass is 413 g/mol. The minimum Gasteiger partial charge on any atom is -0.280 e. The molecule has 0 saturated carbocycles. The van der Waals surface area contributed by atoms with Gasteiger partial charge in [-0.3, -0.25) is 15.6 Å². The number of hydrogen-bond donors (Lipinski definition) is 2. The standard InChI is InChI=1S/C20H16ClN3O3S/c21-17-11-7-10-16(14-17)20(25)23-22-19(15-8-3-1-4-9-15)24-28(26,27)18-12-5-2-6-13-18/h1-14H,(H,22,24)(H,23,25). The predicted molar refractivity (Wildman–Crippen MR) is 109 cm³/mol. The molecule has 0 fully saturated rings. The molecule has 6 nitrogen and oxygen atoms in total. The lowest BCUT2D eigenvalue weighted by molar-refractivity contribution is 0.0944. The molecule has 0 aliphatic rings. The second kappa shape index (κ2) is 8.69. The Morgan fingerprint density at radius 2 is 1.39 bits per heavy atom. The van der Waals surface area contributed by atoms with E-state index in [1.165, 1.54) is 18.2 Å². The number of nitrogens with zero attached hydrogens (tertiary/aromatic N) is 1. The largest absolute Gasteiger partial charge is 0.284 e. The van der Waals surface area contributed by atoms with E-state index in [-0.39, 0.29) is 10.7 Å². The topological polar surface area (TPSA) is 87.6 Å². The molecule has 28 heavy (non-hydrogen) atoms. The summed E-state index contributed by atoms with van der Waals surface area (Å²) in [6.45, 7) is 0. The van der Waals surface area contributed by atoms with Gasteiger partial charge in [0.05, 0.1) is 4.90 Å². The SMILES string of the molecule is O=C(NNC(=NS(=O)(=O)c1ccccc1)c1ccccc1)c1cccc(Cl)c1. The van der Waals surface area contributed by atoms with Crippen molar-refractivity contribution >= 4 is 33.4 Å². The Bertz CT molecular complexity index is 1100. The first-order chi connectivity index (χ1) is 13.5. The van der Waals surface area contributed by atoms with Gasteiger partial charge in [0.1, 0.15) is 0 Å². The molecule has 0 aliphatic heterocycles. The lowest BCUT2D eigenvalue weighted by Crippen LogP contribution is -2.42. The third-order valence-electron chi connectivity index (χ3n) is 3.68. The first-order valence-corrected chi connectivity index (χ1v) is 10.0. The van der Waals surface area contributed by atoms with Crippen LogP contribution in [0.1, 0.15) is 15.9 Å². The molecule has 0 heterocycles. The number of rotatable bonds is 4. The van der Waals surface area contributed by atoms with Gasteiger partial charge in [-0.15, -0.1) is 4.40 Å². The van der Waals surface area contributed by atoms with Crippen LogP contribution in [0.25, 0.3) is 0 Å². The number of carbonyl (C=O) groups excluding carboxylic acids is 1. The van der Waals surface area contributed by atoms with Crippen LogP contribution in [0.5, 0.6) is 0 Å². The number of benzene rings is 3. The zero-order valence-corrected chi connectivity index (χ0v) is 16.1. The Kier molecular flexibility index (Phi) is 6.08. The van der Waals surface area contributed by atoms with Gasteiger partial charge in [-0.05, 0) is 30.3 Å². The lowest BCUT2D eigenvalue weighted by atomic mass is 10.2. The lowest BCUT2D eigenvalue weighted by Gasteiger charge is -2.12. The Labute approximate surface area is 167 Å². The molecule has 0 aliphatic carbocycles. The van der Waals surface area contributed by atoms with Crippen LogP contribution >= 0.6 is 11.6 Å². The fourth-order valence-electron chi connectivity index (χ4n) is 2.33. The molecule has 142 valence electrons. The van der Waals surface area contributed by atoms with Gasteiger partial charge in [-0.25, -0.2) is 0 Å². The molecule has 0 saturated heterocycles. The highest BCUT2D eigenvalue weighted by Gasteiger charge is 2.16. The minimum atomic E-state index is -3.97. The van der Waals surface area contributed by atoms with Crippen LogP contribution in [0.15, 0.2) is 94.2 Å². The summed E-state index contributed by atoms with van der Waals surface area (Å²) in [5.41, 5.74) is 5.88. The van der Waals surface area contributed by atoms with E-state index in [2.05, 4.69) is 15.2 Å². The Balaban J connectivity index is 1.89. The third kappa shape index (κ3) is 4.97. The van der Waals surface area contributed by atoms with E-state index in [1.54, 1.807) is 66.7 Å². The molecule has 0 spiro atoms. The summed E-state index contributed by atoms with van der Waals surface area (Å²) < 4.78 is 29.1. The number of hydrogen-bond acceptors (Lipinski definition) is 3. The fourth-order valence-corrected chi connectivity index (χ4v) is 3.52. The van der Waals surface area contributed by atoms with Gasteiger partial charge in [0.25, 0.3) is 15.9 Å². The van der Waals surface area contributed by atoms with E-state index in [4.69, 9.17) is 11.6 Å². The van der Waals surface area contributed by atoms with Crippen LogP contribution in [-0.2, 0) is 10.0 Å². The molecule has 3 aromatic carbocycles. The normalized spacial score (nSPS) is 11.7. The van der Waals surface area contributed by atoms with Gasteiger partial charge >= 0.3 is 0 Å². The highest BCUT2D eigenvalue weighted by atomic mass is 35.5. The minimum absolute atomic E-state index is 0.0140. The second-order valence-electron chi connectivity index (χ2n) is 5.68. The Morgan fingerprint density at radius 1 is 0.786 bits per heavy atom. The summed E-state index contributed by atoms with van der Waals surface area (Å²) >= 11 is 5.90. The number of carbonyl (C=O) groups is 1. The van der Waals surface area contributed by atoms with Crippen LogP contribution < -0.4 is 10.9 Å². The summed E-state index contributed by atoms with van der Waals surface area (Å²) in [5.74, 6) is -0.497. The van der Waals surface area contributed by atoms with Crippen molar-refractivity contribution in [2.75, 3.05) is 0 Å². The first-order valence-electron chi connectivity index (χ1n) is 8.23. The maximum Gasteiger partial charge on any atom is 0.284 e. The van der Waals surface area contributed by atoms with E-state index in [9.17, 15) is 13.2 Å². The van der Waals surface area contributed by atoms with Crippen LogP contribution in [-0.4, -0.2) is 20.2 Å². The maximum absolute atomic E-state index is 12.6. The molecule has 0 atom stereocenters. The van der Waals surface area contributed by atoms with Crippen molar-refractivity contribution in [2.24, 2.45) is 4.40 Å². The van der Waals surface area contributed by atoms with E-state index in [0.717, 1.165) is 0 Å². The molecule has 8 heteroatoms. The number of sulfonamides is 1. The highest BCUT2D eigenvalue weighted by Crippen LogP contribution is 2.13. The van der Waals surface area contributed by atoms with E-state index in [1.807, 2.05) is 0 Å². The number of amidine groups is 1. The van der Waals surface area contributed by atoms with Crippen molar-refractivity contribution in [1.82, 2.24) is 10.9 Å². The quantitative estimate of drug-likeness (QED) is 0.390. The number of amides is 1. The Hall–Kier alpha value is -3.16. The molecule has 1 amide bonds. The van der Waals surface area contributed by atoms with Gasteiger partial charge in [0.2, 0.25) is 0 Å². The van der Waals surface area contributed by atoms with Crippen LogP contribution in [0.2, 0.25) is 5.02 Å². The number of hydrazine groups is 1. The second-order valence-corrected chi connectivity index (χ2v) is 7.72. The number of nitrogens with one attached hydrogen (secondary N) is 2. The summed E-state index contributed by atoms with van der Waals surface area (Å²) in [7, 11) is -3.97. The smallest absolute Gasteiger partial charge is 0.280 e. The molecular formula is C20H16ClN3O3S. The van der Waals surface area contributed by atoms with E-state index >= 15 is 0 Å². The van der Waals surface area contributed by atoms with Crippen molar-refractivity contribution in [3.05, 3.63) is 101 Å². The van der Waals surface area contributed by atoms with Gasteiger partial charge in [0.15, 0.2) is 5.84 Å². The summed E-state index contributed by atoms with van der Waals surface area (Å²) in [4.78, 5) is 12.4. The van der Waals surface area contributed by atoms with Crippen molar-refractivity contribution in [3.8, 4) is 0 Å². The zero-order chi connectivity index (χ0) is 20.0. The molecule has 0 aromatic heterocycles. The summed E-state index contributed by atoms with van der Waals surface area (Å²) in [5, 5.41) is 0.413. The van der Waals surface area contributed by atoms with Gasteiger partial charge in [-0.1, -0.05) is 66.2 Å².